The van der Waals surface area contributed by atoms with Crippen molar-refractivity contribution in [3.8, 4) is 0 Å². The number of nitrogens with one attached hydrogen (secondary N) is 1. The highest BCUT2D eigenvalue weighted by molar-refractivity contribution is 6.30. The number of hydrogen-bond acceptors (Lipinski definition) is 2. The van der Waals surface area contributed by atoms with Crippen LogP contribution in [0.5, 0.6) is 0 Å². The Kier molecular flexibility index (Phi) is 6.93. The van der Waals surface area contributed by atoms with E-state index in [1.807, 2.05) is 13.8 Å². The van der Waals surface area contributed by atoms with Crippen molar-refractivity contribution in [2.45, 2.75) is 38.2 Å². The molecule has 6 nitrogen and oxygen atoms in total. The van der Waals surface area contributed by atoms with Crippen LogP contribution in [0.4, 0.5) is 36.8 Å². The number of carbonyl (C=O) groups is 1. The first kappa shape index (κ1) is 26.5. The van der Waals surface area contributed by atoms with Gasteiger partial charge in [-0.15, -0.1) is 0 Å². The summed E-state index contributed by atoms with van der Waals surface area (Å²) in [5.74, 6) is 0. The van der Waals surface area contributed by atoms with Gasteiger partial charge < -0.3 is 10.2 Å². The monoisotopic (exact) mass is 519 g/mol. The molecule has 13 heteroatoms. The van der Waals surface area contributed by atoms with E-state index in [0.29, 0.717) is 29.1 Å². The highest BCUT2D eigenvalue weighted by Gasteiger charge is 2.52. The zero-order chi connectivity index (χ0) is 26.2. The third-order valence-corrected chi connectivity index (χ3v) is 5.99. The summed E-state index contributed by atoms with van der Waals surface area (Å²) >= 11 is 5.97. The van der Waals surface area contributed by atoms with E-state index in [1.54, 1.807) is 24.3 Å². The van der Waals surface area contributed by atoms with Gasteiger partial charge in [0.2, 0.25) is 0 Å². The number of halogens is 7. The Morgan fingerprint density at radius 2 is 1.63 bits per heavy atom. The average Bonchev–Trinajstić information content (AvgIpc) is 3.03. The van der Waals surface area contributed by atoms with Gasteiger partial charge >= 0.3 is 18.4 Å². The third-order valence-electron chi connectivity index (χ3n) is 5.74. The maximum Gasteiger partial charge on any atom is 0.416 e. The lowest BCUT2D eigenvalue weighted by Gasteiger charge is -2.38. The van der Waals surface area contributed by atoms with Crippen molar-refractivity contribution >= 4 is 23.3 Å². The van der Waals surface area contributed by atoms with Crippen LogP contribution in [0.15, 0.2) is 47.6 Å². The number of urea groups is 1. The lowest BCUT2D eigenvalue weighted by Crippen LogP contribution is -2.49. The summed E-state index contributed by atoms with van der Waals surface area (Å²) in [6, 6.07) is 6.31. The smallest absolute Gasteiger partial charge is 0.314 e. The molecule has 0 unspecified atom stereocenters. The fraction of sp³-hybridized carbons (Fsp3) is 0.409. The average molecular weight is 520 g/mol. The molecule has 2 amide bonds. The zero-order valence-electron chi connectivity index (χ0n) is 18.5. The first-order chi connectivity index (χ1) is 16.1. The van der Waals surface area contributed by atoms with Gasteiger partial charge in [0.15, 0.2) is 0 Å². The molecular weight excluding hydrogens is 500 g/mol. The molecule has 1 aliphatic rings. The van der Waals surface area contributed by atoms with Crippen LogP contribution in [0.25, 0.3) is 10.4 Å². The Labute approximate surface area is 201 Å². The molecule has 188 valence electrons. The van der Waals surface area contributed by atoms with Gasteiger partial charge in [-0.3, -0.25) is 0 Å². The summed E-state index contributed by atoms with van der Waals surface area (Å²) in [6.45, 7) is 3.56. The molecule has 3 rings (SSSR count). The van der Waals surface area contributed by atoms with Gasteiger partial charge in [-0.05, 0) is 53.3 Å². The maximum absolute atomic E-state index is 13.3. The van der Waals surface area contributed by atoms with E-state index in [2.05, 4.69) is 15.3 Å². The number of azide groups is 1. The second kappa shape index (κ2) is 9.16. The number of alkyl halides is 6. The number of benzene rings is 2. The molecule has 0 radical (unpaired) electrons. The first-order valence-electron chi connectivity index (χ1n) is 10.2. The van der Waals surface area contributed by atoms with E-state index in [-0.39, 0.29) is 19.2 Å². The van der Waals surface area contributed by atoms with Crippen LogP contribution in [0.2, 0.25) is 5.02 Å². The normalized spacial score (nSPS) is 19.9. The van der Waals surface area contributed by atoms with Crippen LogP contribution in [-0.4, -0.2) is 24.0 Å². The molecule has 0 saturated carbocycles. The topological polar surface area (TPSA) is 81.1 Å². The predicted octanol–water partition coefficient (Wildman–Crippen LogP) is 7.85. The van der Waals surface area contributed by atoms with Crippen molar-refractivity contribution in [3.05, 3.63) is 74.6 Å². The van der Waals surface area contributed by atoms with E-state index >= 15 is 0 Å². The van der Waals surface area contributed by atoms with E-state index in [4.69, 9.17) is 17.1 Å². The highest BCUT2D eigenvalue weighted by Crippen LogP contribution is 2.48. The zero-order valence-corrected chi connectivity index (χ0v) is 19.3. The highest BCUT2D eigenvalue weighted by atomic mass is 35.5. The quantitative estimate of drug-likeness (QED) is 0.190. The predicted molar refractivity (Wildman–Crippen MR) is 118 cm³/mol. The van der Waals surface area contributed by atoms with Crippen molar-refractivity contribution in [1.82, 2.24) is 4.90 Å². The molecule has 1 fully saturated rings. The van der Waals surface area contributed by atoms with Crippen LogP contribution >= 0.6 is 11.6 Å². The molecule has 0 aromatic heterocycles. The van der Waals surface area contributed by atoms with Crippen molar-refractivity contribution in [2.24, 2.45) is 10.5 Å². The fourth-order valence-corrected chi connectivity index (χ4v) is 4.53. The largest absolute Gasteiger partial charge is 0.416 e. The Bertz CT molecular complexity index is 1130. The molecule has 1 saturated heterocycles. The van der Waals surface area contributed by atoms with Crippen LogP contribution in [0.1, 0.15) is 37.0 Å². The third kappa shape index (κ3) is 5.76. The van der Waals surface area contributed by atoms with Crippen LogP contribution < -0.4 is 5.32 Å². The van der Waals surface area contributed by atoms with Crippen LogP contribution in [-0.2, 0) is 17.9 Å². The number of rotatable bonds is 4. The molecule has 0 spiro atoms. The number of hydrogen-bond donors (Lipinski definition) is 1. The first-order valence-corrected chi connectivity index (χ1v) is 10.6. The molecular formula is C22H20ClF6N5O. The Morgan fingerprint density at radius 1 is 1.09 bits per heavy atom. The summed E-state index contributed by atoms with van der Waals surface area (Å²) in [5.41, 5.74) is 3.98. The summed E-state index contributed by atoms with van der Waals surface area (Å²) in [5, 5.41) is 6.24. The molecule has 0 bridgehead atoms. The fourth-order valence-electron chi connectivity index (χ4n) is 4.41. The van der Waals surface area contributed by atoms with Crippen molar-refractivity contribution < 1.29 is 31.1 Å². The van der Waals surface area contributed by atoms with Crippen molar-refractivity contribution in [3.63, 3.8) is 0 Å². The van der Waals surface area contributed by atoms with Gasteiger partial charge in [-0.1, -0.05) is 42.7 Å². The Balaban J connectivity index is 2.07. The lowest BCUT2D eigenvalue weighted by atomic mass is 9.79. The molecule has 2 aromatic rings. The van der Waals surface area contributed by atoms with Gasteiger partial charge in [-0.25, -0.2) is 4.79 Å². The molecule has 35 heavy (non-hydrogen) atoms. The van der Waals surface area contributed by atoms with Gasteiger partial charge in [-0.2, -0.15) is 26.3 Å². The minimum absolute atomic E-state index is 0.0196. The molecule has 1 N–H and O–H groups in total. The lowest BCUT2D eigenvalue weighted by molar-refractivity contribution is -0.143. The molecule has 1 heterocycles. The number of likely N-dealkylation sites (tertiary alicyclic amines) is 1. The second-order valence-electron chi connectivity index (χ2n) is 9.08. The van der Waals surface area contributed by atoms with E-state index < -0.39 is 46.2 Å². The molecule has 1 aliphatic heterocycles. The van der Waals surface area contributed by atoms with Crippen LogP contribution in [0, 0.1) is 5.41 Å². The van der Waals surface area contributed by atoms with E-state index in [9.17, 15) is 31.1 Å². The van der Waals surface area contributed by atoms with Crippen molar-refractivity contribution in [1.29, 1.82) is 0 Å². The summed E-state index contributed by atoms with van der Waals surface area (Å²) in [6.07, 6.45) is -9.82. The molecule has 1 atom stereocenters. The number of anilines is 1. The SMILES string of the molecule is CC1(C)CN(C(=O)Nc2cc(C(F)(F)F)cc(C(F)(F)F)c2)[C@](CN=[N+]=[N-])(c2ccc(Cl)cc2)C1. The molecule has 0 aliphatic carbocycles. The standard InChI is InChI=1S/C22H20ClF6N5O/c1-19(2)10-20(11-31-33-30,13-3-5-16(23)6-4-13)34(12-19)18(35)32-17-8-14(21(24,25)26)7-15(9-17)22(27,28)29/h3-9H,10-12H2,1-2H3,(H,32,35)/t20-/m1/s1. The second-order valence-corrected chi connectivity index (χ2v) is 9.52. The number of amides is 2. The van der Waals surface area contributed by atoms with Gasteiger partial charge in [0.05, 0.1) is 23.2 Å². The van der Waals surface area contributed by atoms with Crippen molar-refractivity contribution in [2.75, 3.05) is 18.4 Å². The molecule has 2 aromatic carbocycles. The summed E-state index contributed by atoms with van der Waals surface area (Å²) < 4.78 is 79.5. The summed E-state index contributed by atoms with van der Waals surface area (Å²) in [4.78, 5) is 17.4. The Hall–Kier alpha value is -3.11. The Morgan fingerprint density at radius 3 is 2.11 bits per heavy atom. The van der Waals surface area contributed by atoms with Gasteiger partial charge in [0, 0.05) is 22.2 Å². The summed E-state index contributed by atoms with van der Waals surface area (Å²) in [7, 11) is 0. The number of nitrogens with zero attached hydrogens (tertiary/aromatic N) is 4. The van der Waals surface area contributed by atoms with Gasteiger partial charge in [0.25, 0.3) is 0 Å². The van der Waals surface area contributed by atoms with E-state index in [1.165, 1.54) is 4.90 Å². The minimum Gasteiger partial charge on any atom is -0.314 e. The maximum atomic E-state index is 13.3. The van der Waals surface area contributed by atoms with Crippen LogP contribution in [0.3, 0.4) is 0 Å². The van der Waals surface area contributed by atoms with E-state index in [0.717, 1.165) is 0 Å². The number of carbonyl (C=O) groups excluding carboxylic acids is 1. The van der Waals surface area contributed by atoms with Gasteiger partial charge in [0.1, 0.15) is 0 Å². The minimum atomic E-state index is -5.06.